The normalized spacial score (nSPS) is 17.2. The number of allylic oxidation sites excluding steroid dienone is 2. The van der Waals surface area contributed by atoms with Gasteiger partial charge in [0, 0.05) is 36.0 Å². The quantitative estimate of drug-likeness (QED) is 0.900. The second-order valence-corrected chi connectivity index (χ2v) is 6.28. The second-order valence-electron chi connectivity index (χ2n) is 6.28. The molecule has 1 aliphatic heterocycles. The van der Waals surface area contributed by atoms with Crippen LogP contribution in [0.5, 0.6) is 0 Å². The van der Waals surface area contributed by atoms with Gasteiger partial charge < -0.3 is 15.0 Å². The Morgan fingerprint density at radius 3 is 2.22 bits per heavy atom. The zero-order valence-electron chi connectivity index (χ0n) is 14.3. The van der Waals surface area contributed by atoms with Gasteiger partial charge in [0.25, 0.3) is 0 Å². The molecular formula is C20H16F2N2O3. The van der Waals surface area contributed by atoms with Crippen molar-refractivity contribution in [2.45, 2.75) is 0 Å². The molecule has 0 spiro atoms. The Morgan fingerprint density at radius 2 is 1.56 bits per heavy atom. The van der Waals surface area contributed by atoms with Crippen LogP contribution in [0.4, 0.5) is 14.5 Å². The molecule has 4 rings (SSSR count). The van der Waals surface area contributed by atoms with Crippen molar-refractivity contribution in [1.29, 1.82) is 0 Å². The van der Waals surface area contributed by atoms with Crippen molar-refractivity contribution < 1.29 is 23.1 Å². The summed E-state index contributed by atoms with van der Waals surface area (Å²) in [5.41, 5.74) is 1.10. The molecule has 0 aromatic heterocycles. The third-order valence-corrected chi connectivity index (χ3v) is 4.61. The molecule has 7 heteroatoms. The molecule has 0 bridgehead atoms. The molecule has 2 aliphatic rings. The molecule has 1 heterocycles. The van der Waals surface area contributed by atoms with E-state index < -0.39 is 11.6 Å². The lowest BCUT2D eigenvalue weighted by molar-refractivity contribution is 0.0496. The number of hydrogen-bond acceptors (Lipinski definition) is 5. The highest BCUT2D eigenvalue weighted by Gasteiger charge is 2.35. The number of carbonyl (C=O) groups excluding carboxylic acids is 2. The van der Waals surface area contributed by atoms with Gasteiger partial charge in [-0.3, -0.25) is 9.59 Å². The Balaban J connectivity index is 1.82. The van der Waals surface area contributed by atoms with E-state index in [4.69, 9.17) is 4.74 Å². The summed E-state index contributed by atoms with van der Waals surface area (Å²) in [7, 11) is 0. The molecule has 1 N–H and O–H groups in total. The maximum absolute atomic E-state index is 13.6. The fourth-order valence-corrected chi connectivity index (χ4v) is 3.29. The molecule has 0 saturated carbocycles. The van der Waals surface area contributed by atoms with Crippen molar-refractivity contribution in [2.24, 2.45) is 0 Å². The van der Waals surface area contributed by atoms with Crippen LogP contribution in [0.1, 0.15) is 20.7 Å². The summed E-state index contributed by atoms with van der Waals surface area (Å²) in [5.74, 6) is -2.67. The highest BCUT2D eigenvalue weighted by molar-refractivity contribution is 6.27. The van der Waals surface area contributed by atoms with Crippen LogP contribution < -0.4 is 5.32 Å². The van der Waals surface area contributed by atoms with Crippen molar-refractivity contribution in [3.05, 3.63) is 76.6 Å². The van der Waals surface area contributed by atoms with Crippen LogP contribution in [0.2, 0.25) is 0 Å². The van der Waals surface area contributed by atoms with Gasteiger partial charge >= 0.3 is 0 Å². The first-order valence-electron chi connectivity index (χ1n) is 8.54. The number of fused-ring (bicyclic) bond motifs is 1. The van der Waals surface area contributed by atoms with Crippen molar-refractivity contribution in [2.75, 3.05) is 31.6 Å². The van der Waals surface area contributed by atoms with Crippen molar-refractivity contribution >= 4 is 17.3 Å². The van der Waals surface area contributed by atoms with E-state index in [1.54, 1.807) is 29.2 Å². The number of rotatable bonds is 3. The predicted molar refractivity (Wildman–Crippen MR) is 94.5 cm³/mol. The van der Waals surface area contributed by atoms with Crippen molar-refractivity contribution in [3.8, 4) is 0 Å². The summed E-state index contributed by atoms with van der Waals surface area (Å²) < 4.78 is 32.1. The fourth-order valence-electron chi connectivity index (χ4n) is 3.29. The molecule has 0 atom stereocenters. The summed E-state index contributed by atoms with van der Waals surface area (Å²) in [6.07, 6.45) is 0. The number of halogens is 2. The minimum atomic E-state index is -1.04. The first kappa shape index (κ1) is 17.4. The molecule has 0 radical (unpaired) electrons. The van der Waals surface area contributed by atoms with E-state index in [1.807, 2.05) is 0 Å². The topological polar surface area (TPSA) is 58.6 Å². The van der Waals surface area contributed by atoms with Crippen molar-refractivity contribution in [1.82, 2.24) is 4.90 Å². The number of anilines is 1. The summed E-state index contributed by atoms with van der Waals surface area (Å²) in [4.78, 5) is 28.0. The standard InChI is InChI=1S/C20H16F2N2O3/c21-15-6-5-12(11-16(15)22)23-17-18(24-7-9-27-10-8-24)20(26)14-4-2-1-3-13(14)19(17)25/h1-6,11,23H,7-10H2. The summed E-state index contributed by atoms with van der Waals surface area (Å²) in [5, 5.41) is 2.84. The number of nitrogens with one attached hydrogen (secondary N) is 1. The van der Waals surface area contributed by atoms with Crippen molar-refractivity contribution in [3.63, 3.8) is 0 Å². The van der Waals surface area contributed by atoms with Gasteiger partial charge in [-0.2, -0.15) is 0 Å². The second kappa shape index (κ2) is 6.92. The zero-order valence-corrected chi connectivity index (χ0v) is 14.3. The average Bonchev–Trinajstić information content (AvgIpc) is 2.69. The summed E-state index contributed by atoms with van der Waals surface area (Å²) >= 11 is 0. The van der Waals surface area contributed by atoms with E-state index in [1.165, 1.54) is 6.07 Å². The van der Waals surface area contributed by atoms with Gasteiger partial charge in [-0.25, -0.2) is 8.78 Å². The van der Waals surface area contributed by atoms with Crippen LogP contribution in [0.15, 0.2) is 53.9 Å². The largest absolute Gasteiger partial charge is 0.378 e. The smallest absolute Gasteiger partial charge is 0.212 e. The van der Waals surface area contributed by atoms with Gasteiger partial charge in [0.2, 0.25) is 11.6 Å². The number of Topliss-reactive ketones (excluding diaryl/α,β-unsaturated/α-hetero) is 2. The fraction of sp³-hybridized carbons (Fsp3) is 0.200. The van der Waals surface area contributed by atoms with E-state index in [2.05, 4.69) is 5.32 Å². The molecule has 2 aromatic rings. The van der Waals surface area contributed by atoms with Crippen LogP contribution >= 0.6 is 0 Å². The lowest BCUT2D eigenvalue weighted by Crippen LogP contribution is -2.42. The van der Waals surface area contributed by atoms with Gasteiger partial charge in [-0.15, -0.1) is 0 Å². The summed E-state index contributed by atoms with van der Waals surface area (Å²) in [6, 6.07) is 9.82. The number of carbonyl (C=O) groups is 2. The monoisotopic (exact) mass is 370 g/mol. The molecule has 5 nitrogen and oxygen atoms in total. The molecule has 1 fully saturated rings. The van der Waals surface area contributed by atoms with Gasteiger partial charge in [0.15, 0.2) is 11.6 Å². The molecule has 2 aromatic carbocycles. The van der Waals surface area contributed by atoms with Crippen LogP contribution in [0.25, 0.3) is 0 Å². The van der Waals surface area contributed by atoms with Gasteiger partial charge in [0.1, 0.15) is 11.4 Å². The Morgan fingerprint density at radius 1 is 0.889 bits per heavy atom. The van der Waals surface area contributed by atoms with E-state index in [0.717, 1.165) is 12.1 Å². The minimum absolute atomic E-state index is 0.0617. The van der Waals surface area contributed by atoms with Gasteiger partial charge in [-0.1, -0.05) is 24.3 Å². The lowest BCUT2D eigenvalue weighted by atomic mass is 9.89. The molecule has 0 amide bonds. The Bertz CT molecular complexity index is 965. The summed E-state index contributed by atoms with van der Waals surface area (Å²) in [6.45, 7) is 1.79. The molecule has 138 valence electrons. The average molecular weight is 370 g/mol. The van der Waals surface area contributed by atoms with Gasteiger partial charge in [0.05, 0.1) is 13.2 Å². The highest BCUT2D eigenvalue weighted by atomic mass is 19.2. The number of benzene rings is 2. The Labute approximate surface area is 154 Å². The van der Waals surface area contributed by atoms with Crippen LogP contribution in [-0.4, -0.2) is 42.8 Å². The molecule has 27 heavy (non-hydrogen) atoms. The number of morpholine rings is 1. The van der Waals surface area contributed by atoms with Crippen LogP contribution in [0, 0.1) is 11.6 Å². The molecule has 1 saturated heterocycles. The SMILES string of the molecule is O=C1C(Nc2ccc(F)c(F)c2)=C(N2CCOCC2)C(=O)c2ccccc21. The molecule has 0 unspecified atom stereocenters. The van der Waals surface area contributed by atoms with E-state index in [9.17, 15) is 18.4 Å². The number of hydrogen-bond donors (Lipinski definition) is 1. The van der Waals surface area contributed by atoms with E-state index in [0.29, 0.717) is 31.9 Å². The Hall–Kier alpha value is -3.06. The molecule has 1 aliphatic carbocycles. The maximum Gasteiger partial charge on any atom is 0.212 e. The van der Waals surface area contributed by atoms with E-state index >= 15 is 0 Å². The van der Waals surface area contributed by atoms with E-state index in [-0.39, 0.29) is 34.2 Å². The predicted octanol–water partition coefficient (Wildman–Crippen LogP) is 3.00. The first-order valence-corrected chi connectivity index (χ1v) is 8.54. The third-order valence-electron chi connectivity index (χ3n) is 4.61. The van der Waals surface area contributed by atoms with Crippen LogP contribution in [-0.2, 0) is 4.74 Å². The Kier molecular flexibility index (Phi) is 4.45. The highest BCUT2D eigenvalue weighted by Crippen LogP contribution is 2.30. The number of nitrogens with zero attached hydrogens (tertiary/aromatic N) is 1. The lowest BCUT2D eigenvalue weighted by Gasteiger charge is -2.34. The number of ketones is 2. The minimum Gasteiger partial charge on any atom is -0.378 e. The third kappa shape index (κ3) is 3.10. The zero-order chi connectivity index (χ0) is 19.0. The number of ether oxygens (including phenoxy) is 1. The maximum atomic E-state index is 13.6. The molecular weight excluding hydrogens is 354 g/mol. The van der Waals surface area contributed by atoms with Crippen LogP contribution in [0.3, 0.4) is 0 Å². The first-order chi connectivity index (χ1) is 13.1. The van der Waals surface area contributed by atoms with Gasteiger partial charge in [-0.05, 0) is 12.1 Å².